The number of nitrogens with zero attached hydrogens (tertiary/aromatic N) is 2. The van der Waals surface area contributed by atoms with Gasteiger partial charge in [0.25, 0.3) is 0 Å². The number of carboxylic acids is 1. The Morgan fingerprint density at radius 2 is 1.82 bits per heavy atom. The molecule has 1 heterocycles. The number of hydrogen-bond donors (Lipinski definition) is 2. The number of amides is 2. The van der Waals surface area contributed by atoms with Gasteiger partial charge < -0.3 is 20.1 Å². The van der Waals surface area contributed by atoms with Crippen molar-refractivity contribution in [3.05, 3.63) is 54.3 Å². The third-order valence-corrected chi connectivity index (χ3v) is 6.84. The molecule has 1 atom stereocenters. The lowest BCUT2D eigenvalue weighted by molar-refractivity contribution is -0.142. The number of nitrogens with one attached hydrogen (secondary N) is 1. The van der Waals surface area contributed by atoms with Crippen LogP contribution in [-0.4, -0.2) is 67.0 Å². The van der Waals surface area contributed by atoms with Crippen LogP contribution in [0.15, 0.2) is 53.4 Å². The zero-order chi connectivity index (χ0) is 24.0. The monoisotopic (exact) mass is 475 g/mol. The summed E-state index contributed by atoms with van der Waals surface area (Å²) in [6, 6.07) is 8.59. The highest BCUT2D eigenvalue weighted by Gasteiger charge is 2.41. The second kappa shape index (κ2) is 10.3. The Kier molecular flexibility index (Phi) is 7.52. The molecule has 0 saturated carbocycles. The largest absolute Gasteiger partial charge is 0.481 e. The lowest BCUT2D eigenvalue weighted by Crippen LogP contribution is -2.59. The zero-order valence-corrected chi connectivity index (χ0v) is 18.5. The summed E-state index contributed by atoms with van der Waals surface area (Å²) in [6.07, 6.45) is 0. The summed E-state index contributed by atoms with van der Waals surface area (Å²) < 4.78 is 45.5. The summed E-state index contributed by atoms with van der Waals surface area (Å²) in [7, 11) is -4.14. The Hall–Kier alpha value is -3.62. The number of piperazine rings is 1. The van der Waals surface area contributed by atoms with Gasteiger partial charge in [0.05, 0.1) is 4.90 Å². The number of ether oxygens (including phenoxy) is 1. The Labute approximate surface area is 190 Å². The van der Waals surface area contributed by atoms with Gasteiger partial charge in [0.2, 0.25) is 10.0 Å². The molecule has 11 heteroatoms. The fourth-order valence-corrected chi connectivity index (χ4v) is 4.77. The molecular formula is C22H22FN3O6S. The van der Waals surface area contributed by atoms with Crippen LogP contribution in [0, 0.1) is 17.7 Å². The fourth-order valence-electron chi connectivity index (χ4n) is 3.21. The number of benzene rings is 2. The predicted octanol–water partition coefficient (Wildman–Crippen LogP) is 2.22. The van der Waals surface area contributed by atoms with Crippen LogP contribution >= 0.6 is 0 Å². The minimum Gasteiger partial charge on any atom is -0.481 e. The van der Waals surface area contributed by atoms with E-state index < -0.39 is 33.9 Å². The van der Waals surface area contributed by atoms with Crippen molar-refractivity contribution in [1.82, 2.24) is 9.21 Å². The Morgan fingerprint density at radius 1 is 1.15 bits per heavy atom. The molecule has 3 rings (SSSR count). The van der Waals surface area contributed by atoms with Crippen LogP contribution < -0.4 is 10.1 Å². The van der Waals surface area contributed by atoms with Gasteiger partial charge in [0, 0.05) is 25.3 Å². The third kappa shape index (κ3) is 5.79. The first-order valence-electron chi connectivity index (χ1n) is 9.91. The van der Waals surface area contributed by atoms with Gasteiger partial charge in [-0.25, -0.2) is 17.6 Å². The molecule has 2 amide bonds. The summed E-state index contributed by atoms with van der Waals surface area (Å²) in [4.78, 5) is 25.5. The van der Waals surface area contributed by atoms with Gasteiger partial charge in [-0.2, -0.15) is 4.31 Å². The number of sulfonamides is 1. The smallest absolute Gasteiger partial charge is 0.323 e. The molecule has 1 fully saturated rings. The number of carbonyl (C=O) groups excluding carboxylic acids is 1. The second-order valence-electron chi connectivity index (χ2n) is 7.04. The van der Waals surface area contributed by atoms with Gasteiger partial charge >= 0.3 is 12.0 Å². The molecule has 0 bridgehead atoms. The SMILES string of the molecule is CC#CCOc1ccc(S(=O)(=O)N2CCN(C(=O)Nc3ccc(F)cc3)CC2C(=O)O)cc1. The van der Waals surface area contributed by atoms with E-state index in [-0.39, 0.29) is 31.1 Å². The number of halogens is 1. The lowest BCUT2D eigenvalue weighted by atomic mass is 10.2. The van der Waals surface area contributed by atoms with Gasteiger partial charge in [-0.05, 0) is 55.5 Å². The molecule has 0 radical (unpaired) electrons. The van der Waals surface area contributed by atoms with Crippen molar-refractivity contribution in [2.75, 3.05) is 31.6 Å². The van der Waals surface area contributed by atoms with E-state index in [0.29, 0.717) is 11.4 Å². The number of aliphatic carboxylic acids is 1. The van der Waals surface area contributed by atoms with E-state index in [0.717, 1.165) is 4.31 Å². The summed E-state index contributed by atoms with van der Waals surface area (Å²) in [6.45, 7) is 1.25. The van der Waals surface area contributed by atoms with Crippen LogP contribution in [0.2, 0.25) is 0 Å². The quantitative estimate of drug-likeness (QED) is 0.619. The van der Waals surface area contributed by atoms with Crippen LogP contribution in [-0.2, 0) is 14.8 Å². The zero-order valence-electron chi connectivity index (χ0n) is 17.7. The van der Waals surface area contributed by atoms with Crippen LogP contribution in [0.1, 0.15) is 6.92 Å². The van der Waals surface area contributed by atoms with Crippen LogP contribution in [0.25, 0.3) is 0 Å². The van der Waals surface area contributed by atoms with Gasteiger partial charge in [0.15, 0.2) is 0 Å². The van der Waals surface area contributed by atoms with Gasteiger partial charge in [-0.1, -0.05) is 5.92 Å². The number of hydrogen-bond acceptors (Lipinski definition) is 5. The summed E-state index contributed by atoms with van der Waals surface area (Å²) >= 11 is 0. The first-order valence-corrected chi connectivity index (χ1v) is 11.3. The van der Waals surface area contributed by atoms with Crippen molar-refractivity contribution in [1.29, 1.82) is 0 Å². The van der Waals surface area contributed by atoms with Crippen molar-refractivity contribution in [2.45, 2.75) is 17.9 Å². The highest BCUT2D eigenvalue weighted by Crippen LogP contribution is 2.24. The molecule has 2 aromatic carbocycles. The summed E-state index contributed by atoms with van der Waals surface area (Å²) in [5, 5.41) is 12.2. The molecule has 9 nitrogen and oxygen atoms in total. The maximum Gasteiger partial charge on any atom is 0.323 e. The number of carbonyl (C=O) groups is 2. The van der Waals surface area contributed by atoms with Crippen LogP contribution in [0.5, 0.6) is 5.75 Å². The average Bonchev–Trinajstić information content (AvgIpc) is 2.80. The van der Waals surface area contributed by atoms with Crippen molar-refractivity contribution < 1.29 is 32.2 Å². The minimum atomic E-state index is -4.14. The Morgan fingerprint density at radius 3 is 2.42 bits per heavy atom. The number of carboxylic acid groups (broad SMARTS) is 1. The molecule has 0 aromatic heterocycles. The Bertz CT molecular complexity index is 1170. The molecule has 1 unspecified atom stereocenters. The average molecular weight is 475 g/mol. The second-order valence-corrected chi connectivity index (χ2v) is 8.93. The molecule has 33 heavy (non-hydrogen) atoms. The summed E-state index contributed by atoms with van der Waals surface area (Å²) in [5.74, 6) is 3.98. The van der Waals surface area contributed by atoms with Gasteiger partial charge in [-0.3, -0.25) is 4.79 Å². The van der Waals surface area contributed by atoms with E-state index >= 15 is 0 Å². The third-order valence-electron chi connectivity index (χ3n) is 4.92. The topological polar surface area (TPSA) is 116 Å². The summed E-state index contributed by atoms with van der Waals surface area (Å²) in [5.41, 5.74) is 0.329. The number of urea groups is 1. The van der Waals surface area contributed by atoms with Gasteiger partial charge in [-0.15, -0.1) is 5.92 Å². The minimum absolute atomic E-state index is 0.0209. The molecule has 1 saturated heterocycles. The highest BCUT2D eigenvalue weighted by atomic mass is 32.2. The van der Waals surface area contributed by atoms with E-state index in [9.17, 15) is 27.5 Å². The van der Waals surface area contributed by atoms with Crippen LogP contribution in [0.3, 0.4) is 0 Å². The Balaban J connectivity index is 1.72. The normalized spacial score (nSPS) is 16.4. The first kappa shape index (κ1) is 24.0. The van der Waals surface area contributed by atoms with Crippen molar-refractivity contribution in [3.8, 4) is 17.6 Å². The van der Waals surface area contributed by atoms with Gasteiger partial charge in [0.1, 0.15) is 24.2 Å². The lowest BCUT2D eigenvalue weighted by Gasteiger charge is -2.38. The standard InChI is InChI=1S/C22H22FN3O6S/c1-2-3-14-32-18-8-10-19(11-9-18)33(30,31)26-13-12-25(15-20(26)21(27)28)22(29)24-17-6-4-16(23)5-7-17/h4-11,20H,12-15H2,1H3,(H,24,29)(H,27,28). The van der Waals surface area contributed by atoms with E-state index in [1.807, 2.05) is 0 Å². The van der Waals surface area contributed by atoms with E-state index in [2.05, 4.69) is 17.2 Å². The molecule has 1 aliphatic rings. The fraction of sp³-hybridized carbons (Fsp3) is 0.273. The molecule has 0 aliphatic carbocycles. The number of anilines is 1. The molecular weight excluding hydrogens is 453 g/mol. The highest BCUT2D eigenvalue weighted by molar-refractivity contribution is 7.89. The van der Waals surface area contributed by atoms with E-state index in [1.54, 1.807) is 6.92 Å². The van der Waals surface area contributed by atoms with Crippen molar-refractivity contribution >= 4 is 27.7 Å². The molecule has 2 aromatic rings. The maximum atomic E-state index is 13.1. The van der Waals surface area contributed by atoms with Crippen molar-refractivity contribution in [2.24, 2.45) is 0 Å². The first-order chi connectivity index (χ1) is 15.7. The molecule has 174 valence electrons. The van der Waals surface area contributed by atoms with Crippen LogP contribution in [0.4, 0.5) is 14.9 Å². The van der Waals surface area contributed by atoms with E-state index in [4.69, 9.17) is 4.74 Å². The molecule has 1 aliphatic heterocycles. The predicted molar refractivity (Wildman–Crippen MR) is 118 cm³/mol. The number of rotatable bonds is 6. The van der Waals surface area contributed by atoms with Crippen molar-refractivity contribution in [3.63, 3.8) is 0 Å². The molecule has 2 N–H and O–H groups in total. The maximum absolute atomic E-state index is 13.1. The molecule has 0 spiro atoms. The van der Waals surface area contributed by atoms with E-state index in [1.165, 1.54) is 53.4 Å².